The van der Waals surface area contributed by atoms with Crippen molar-refractivity contribution in [3.8, 4) is 5.69 Å². The van der Waals surface area contributed by atoms with Gasteiger partial charge in [-0.05, 0) is 24.3 Å². The van der Waals surface area contributed by atoms with Crippen LogP contribution in [-0.2, 0) is 6.18 Å². The molecule has 0 radical (unpaired) electrons. The van der Waals surface area contributed by atoms with E-state index in [4.69, 9.17) is 0 Å². The molecule has 0 saturated heterocycles. The molecule has 0 aromatic carbocycles. The van der Waals surface area contributed by atoms with Gasteiger partial charge >= 0.3 is 11.9 Å². The number of aromatic amines is 1. The Hall–Kier alpha value is -2.64. The third-order valence-electron chi connectivity index (χ3n) is 2.74. The lowest BCUT2D eigenvalue weighted by Gasteiger charge is -2.06. The van der Waals surface area contributed by atoms with Gasteiger partial charge in [-0.1, -0.05) is 0 Å². The normalized spacial score (nSPS) is 11.9. The predicted octanol–water partition coefficient (Wildman–Crippen LogP) is 2.13. The number of hydrogen-bond acceptors (Lipinski definition) is 3. The van der Waals surface area contributed by atoms with Crippen LogP contribution in [0, 0.1) is 0 Å². The van der Waals surface area contributed by atoms with Gasteiger partial charge in [0.15, 0.2) is 5.65 Å². The molecule has 1 N–H and O–H groups in total. The SMILES string of the molecule is O=c1[nH]c2cccnc2n1-c1ccc(C(F)(F)F)nc1. The van der Waals surface area contributed by atoms with Crippen LogP contribution in [0.4, 0.5) is 13.2 Å². The van der Waals surface area contributed by atoms with Crippen molar-refractivity contribution < 1.29 is 13.2 Å². The van der Waals surface area contributed by atoms with Gasteiger partial charge in [0.25, 0.3) is 0 Å². The summed E-state index contributed by atoms with van der Waals surface area (Å²) in [5, 5.41) is 0. The Balaban J connectivity index is 2.17. The summed E-state index contributed by atoms with van der Waals surface area (Å²) in [6, 6.07) is 5.30. The number of hydrogen-bond donors (Lipinski definition) is 1. The molecule has 0 aliphatic rings. The molecule has 0 fully saturated rings. The number of fused-ring (bicyclic) bond motifs is 1. The second-order valence-electron chi connectivity index (χ2n) is 4.04. The lowest BCUT2D eigenvalue weighted by atomic mass is 10.3. The highest BCUT2D eigenvalue weighted by molar-refractivity contribution is 5.72. The van der Waals surface area contributed by atoms with Crippen LogP contribution in [0.1, 0.15) is 5.69 Å². The molecule has 3 aromatic heterocycles. The smallest absolute Gasteiger partial charge is 0.304 e. The zero-order valence-corrected chi connectivity index (χ0v) is 9.85. The van der Waals surface area contributed by atoms with Crippen molar-refractivity contribution in [2.75, 3.05) is 0 Å². The number of halogens is 3. The maximum absolute atomic E-state index is 12.4. The summed E-state index contributed by atoms with van der Waals surface area (Å²) in [6.45, 7) is 0. The first kappa shape index (κ1) is 12.4. The van der Waals surface area contributed by atoms with E-state index in [-0.39, 0.29) is 5.69 Å². The number of aromatic nitrogens is 4. The third kappa shape index (κ3) is 1.94. The zero-order chi connectivity index (χ0) is 14.3. The molecular weight excluding hydrogens is 273 g/mol. The fourth-order valence-electron chi connectivity index (χ4n) is 1.87. The van der Waals surface area contributed by atoms with Crippen LogP contribution in [0.2, 0.25) is 0 Å². The number of nitrogens with zero attached hydrogens (tertiary/aromatic N) is 3. The maximum atomic E-state index is 12.4. The van der Waals surface area contributed by atoms with Crippen molar-refractivity contribution in [2.45, 2.75) is 6.18 Å². The average molecular weight is 280 g/mol. The highest BCUT2D eigenvalue weighted by Crippen LogP contribution is 2.27. The van der Waals surface area contributed by atoms with Gasteiger partial charge in [-0.3, -0.25) is 0 Å². The molecule has 0 bridgehead atoms. The van der Waals surface area contributed by atoms with Gasteiger partial charge in [-0.25, -0.2) is 19.3 Å². The first-order valence-electron chi connectivity index (χ1n) is 5.56. The number of alkyl halides is 3. The summed E-state index contributed by atoms with van der Waals surface area (Å²) in [7, 11) is 0. The summed E-state index contributed by atoms with van der Waals surface area (Å²) in [5.74, 6) is 0. The fraction of sp³-hybridized carbons (Fsp3) is 0.0833. The van der Waals surface area contributed by atoms with Crippen molar-refractivity contribution in [1.82, 2.24) is 19.5 Å². The van der Waals surface area contributed by atoms with Crippen LogP contribution < -0.4 is 5.69 Å². The predicted molar refractivity (Wildman–Crippen MR) is 64.5 cm³/mol. The highest BCUT2D eigenvalue weighted by atomic mass is 19.4. The second-order valence-corrected chi connectivity index (χ2v) is 4.04. The van der Waals surface area contributed by atoms with Crippen molar-refractivity contribution >= 4 is 11.2 Å². The summed E-state index contributed by atoms with van der Waals surface area (Å²) >= 11 is 0. The first-order chi connectivity index (χ1) is 9.47. The highest BCUT2D eigenvalue weighted by Gasteiger charge is 2.32. The van der Waals surface area contributed by atoms with E-state index in [1.165, 1.54) is 16.8 Å². The molecule has 0 unspecified atom stereocenters. The number of rotatable bonds is 1. The Morgan fingerprint density at radius 3 is 2.60 bits per heavy atom. The quantitative estimate of drug-likeness (QED) is 0.742. The molecule has 0 spiro atoms. The number of pyridine rings is 2. The van der Waals surface area contributed by atoms with Gasteiger partial charge in [-0.2, -0.15) is 13.2 Å². The van der Waals surface area contributed by atoms with Crippen LogP contribution in [0.15, 0.2) is 41.5 Å². The first-order valence-corrected chi connectivity index (χ1v) is 5.56. The molecule has 3 heterocycles. The largest absolute Gasteiger partial charge is 0.433 e. The van der Waals surface area contributed by atoms with Crippen molar-refractivity contribution in [3.05, 3.63) is 52.8 Å². The lowest BCUT2D eigenvalue weighted by molar-refractivity contribution is -0.141. The van der Waals surface area contributed by atoms with E-state index in [1.54, 1.807) is 12.1 Å². The topological polar surface area (TPSA) is 63.6 Å². The Labute approximate surface area is 109 Å². The lowest BCUT2D eigenvalue weighted by Crippen LogP contribution is -2.16. The number of nitrogens with one attached hydrogen (secondary N) is 1. The van der Waals surface area contributed by atoms with Crippen LogP contribution in [0.5, 0.6) is 0 Å². The minimum Gasteiger partial charge on any atom is -0.304 e. The average Bonchev–Trinajstić information content (AvgIpc) is 2.73. The molecule has 0 aliphatic carbocycles. The van der Waals surface area contributed by atoms with Crippen LogP contribution in [0.25, 0.3) is 16.9 Å². The molecule has 0 amide bonds. The van der Waals surface area contributed by atoms with Gasteiger partial charge < -0.3 is 4.98 Å². The molecule has 0 aliphatic heterocycles. The zero-order valence-electron chi connectivity index (χ0n) is 9.85. The van der Waals surface area contributed by atoms with E-state index in [9.17, 15) is 18.0 Å². The number of H-pyrrole nitrogens is 1. The molecular formula is C12H7F3N4O. The molecule has 20 heavy (non-hydrogen) atoms. The van der Waals surface area contributed by atoms with Gasteiger partial charge in [0.05, 0.1) is 17.4 Å². The maximum Gasteiger partial charge on any atom is 0.433 e. The van der Waals surface area contributed by atoms with Gasteiger partial charge in [0.2, 0.25) is 0 Å². The standard InChI is InChI=1S/C12H7F3N4O/c13-12(14,15)9-4-3-7(6-17-9)19-10-8(18-11(19)20)2-1-5-16-10/h1-6H,(H,18,20). The van der Waals surface area contributed by atoms with Crippen molar-refractivity contribution in [3.63, 3.8) is 0 Å². The molecule has 8 heteroatoms. The van der Waals surface area contributed by atoms with Crippen LogP contribution >= 0.6 is 0 Å². The van der Waals surface area contributed by atoms with E-state index in [0.29, 0.717) is 11.2 Å². The molecule has 0 atom stereocenters. The summed E-state index contributed by atoms with van der Waals surface area (Å²) in [6.07, 6.45) is -2.03. The van der Waals surface area contributed by atoms with Gasteiger partial charge in [0.1, 0.15) is 5.69 Å². The van der Waals surface area contributed by atoms with E-state index in [0.717, 1.165) is 12.3 Å². The molecule has 5 nitrogen and oxygen atoms in total. The Morgan fingerprint density at radius 1 is 1.15 bits per heavy atom. The second kappa shape index (κ2) is 4.19. The summed E-state index contributed by atoms with van der Waals surface area (Å²) in [5.41, 5.74) is -0.452. The molecule has 3 rings (SSSR count). The Bertz CT molecular complexity index is 817. The molecule has 3 aromatic rings. The summed E-state index contributed by atoms with van der Waals surface area (Å²) in [4.78, 5) is 21.8. The van der Waals surface area contributed by atoms with E-state index in [2.05, 4.69) is 15.0 Å². The van der Waals surface area contributed by atoms with E-state index < -0.39 is 17.6 Å². The van der Waals surface area contributed by atoms with Crippen LogP contribution in [0.3, 0.4) is 0 Å². The van der Waals surface area contributed by atoms with E-state index >= 15 is 0 Å². The van der Waals surface area contributed by atoms with Crippen LogP contribution in [-0.4, -0.2) is 19.5 Å². The van der Waals surface area contributed by atoms with Gasteiger partial charge in [-0.15, -0.1) is 0 Å². The molecule has 0 saturated carbocycles. The van der Waals surface area contributed by atoms with E-state index in [1.807, 2.05) is 0 Å². The Morgan fingerprint density at radius 2 is 1.95 bits per heavy atom. The van der Waals surface area contributed by atoms with Crippen molar-refractivity contribution in [2.24, 2.45) is 0 Å². The summed E-state index contributed by atoms with van der Waals surface area (Å²) < 4.78 is 38.5. The minimum absolute atomic E-state index is 0.216. The molecule has 102 valence electrons. The Kier molecular flexibility index (Phi) is 2.60. The minimum atomic E-state index is -4.51. The fourth-order valence-corrected chi connectivity index (χ4v) is 1.87. The number of imidazole rings is 1. The van der Waals surface area contributed by atoms with Gasteiger partial charge in [0, 0.05) is 6.20 Å². The van der Waals surface area contributed by atoms with Crippen molar-refractivity contribution in [1.29, 1.82) is 0 Å². The monoisotopic (exact) mass is 280 g/mol. The third-order valence-corrected chi connectivity index (χ3v) is 2.74.